The molecule has 0 bridgehead atoms. The van der Waals surface area contributed by atoms with Crippen LogP contribution in [-0.2, 0) is 0 Å². The molecule has 0 aromatic carbocycles. The number of aromatic nitrogens is 2. The number of hydrogen-bond acceptors (Lipinski definition) is 5. The summed E-state index contributed by atoms with van der Waals surface area (Å²) in [4.78, 5) is 30.6. The Morgan fingerprint density at radius 3 is 2.73 bits per heavy atom. The van der Waals surface area contributed by atoms with Gasteiger partial charge in [-0.25, -0.2) is 0 Å². The Hall–Kier alpha value is -1.77. The van der Waals surface area contributed by atoms with Crippen molar-refractivity contribution in [1.82, 2.24) is 9.66 Å². The molecule has 3 aromatic rings. The summed E-state index contributed by atoms with van der Waals surface area (Å²) in [5, 5.41) is 2.31. The summed E-state index contributed by atoms with van der Waals surface area (Å²) in [6, 6.07) is 1.79. The Morgan fingerprint density at radius 1 is 1.36 bits per heavy atom. The molecule has 114 valence electrons. The second-order valence-electron chi connectivity index (χ2n) is 4.94. The van der Waals surface area contributed by atoms with Gasteiger partial charge >= 0.3 is 0 Å². The average Bonchev–Trinajstić information content (AvgIpc) is 2.98. The lowest BCUT2D eigenvalue weighted by molar-refractivity contribution is 0.101. The van der Waals surface area contributed by atoms with Crippen LogP contribution in [0.25, 0.3) is 10.2 Å². The number of aryl methyl sites for hydroxylation is 2. The molecular formula is C14H13N3O2S3. The molecule has 0 spiro atoms. The zero-order valence-electron chi connectivity index (χ0n) is 12.1. The first-order valence-electron chi connectivity index (χ1n) is 6.50. The second-order valence-corrected chi connectivity index (χ2v) is 7.67. The van der Waals surface area contributed by atoms with Crippen molar-refractivity contribution in [2.24, 2.45) is 0 Å². The molecule has 1 amide bonds. The fourth-order valence-electron chi connectivity index (χ4n) is 2.13. The molecule has 22 heavy (non-hydrogen) atoms. The standard InChI is InChI=1S/C14H13N3O2S3/c1-6-4-9-12(22-6)15-14(20)17(13(9)19)16-11(18)10-5-21-8(3)7(10)2/h4-5H,1-3H3,(H,15,20)(H,16,18). The summed E-state index contributed by atoms with van der Waals surface area (Å²) in [5.41, 5.74) is 3.75. The van der Waals surface area contributed by atoms with E-state index in [9.17, 15) is 9.59 Å². The van der Waals surface area contributed by atoms with E-state index in [1.165, 1.54) is 22.7 Å². The fourth-order valence-corrected chi connectivity index (χ4v) is 4.20. The van der Waals surface area contributed by atoms with Crippen molar-refractivity contribution in [3.63, 3.8) is 0 Å². The van der Waals surface area contributed by atoms with E-state index in [1.807, 2.05) is 20.8 Å². The number of aromatic amines is 1. The molecule has 0 atom stereocenters. The number of rotatable bonds is 2. The number of nitrogens with zero attached hydrogens (tertiary/aromatic N) is 1. The summed E-state index contributed by atoms with van der Waals surface area (Å²) < 4.78 is 1.27. The molecule has 2 N–H and O–H groups in total. The van der Waals surface area contributed by atoms with Crippen LogP contribution in [0.2, 0.25) is 0 Å². The molecule has 8 heteroatoms. The third kappa shape index (κ3) is 2.43. The summed E-state index contributed by atoms with van der Waals surface area (Å²) >= 11 is 8.15. The van der Waals surface area contributed by atoms with Gasteiger partial charge in [-0.15, -0.1) is 22.7 Å². The maximum atomic E-state index is 12.5. The number of thiophene rings is 2. The molecule has 3 rings (SSSR count). The monoisotopic (exact) mass is 351 g/mol. The van der Waals surface area contributed by atoms with Gasteiger partial charge in [0.05, 0.1) is 10.9 Å². The molecule has 0 unspecified atom stereocenters. The summed E-state index contributed by atoms with van der Waals surface area (Å²) in [6.45, 7) is 5.76. The quantitative estimate of drug-likeness (QED) is 0.695. The van der Waals surface area contributed by atoms with Crippen molar-refractivity contribution in [3.8, 4) is 0 Å². The molecule has 0 aliphatic carbocycles. The van der Waals surface area contributed by atoms with E-state index in [1.54, 1.807) is 11.4 Å². The second kappa shape index (κ2) is 5.45. The predicted molar refractivity (Wildman–Crippen MR) is 93.5 cm³/mol. The van der Waals surface area contributed by atoms with Crippen LogP contribution in [0.15, 0.2) is 16.2 Å². The van der Waals surface area contributed by atoms with Crippen molar-refractivity contribution < 1.29 is 4.79 Å². The highest BCUT2D eigenvalue weighted by atomic mass is 32.1. The minimum absolute atomic E-state index is 0.178. The summed E-state index contributed by atoms with van der Waals surface area (Å²) in [7, 11) is 0. The molecule has 0 aliphatic rings. The lowest BCUT2D eigenvalue weighted by Gasteiger charge is -2.08. The van der Waals surface area contributed by atoms with Crippen LogP contribution in [0.3, 0.4) is 0 Å². The smallest absolute Gasteiger partial charge is 0.282 e. The topological polar surface area (TPSA) is 66.9 Å². The lowest BCUT2D eigenvalue weighted by Crippen LogP contribution is -2.34. The zero-order valence-corrected chi connectivity index (χ0v) is 14.6. The summed E-state index contributed by atoms with van der Waals surface area (Å²) in [5.74, 6) is -0.338. The van der Waals surface area contributed by atoms with E-state index in [2.05, 4.69) is 10.4 Å². The van der Waals surface area contributed by atoms with Gasteiger partial charge in [0.1, 0.15) is 4.83 Å². The van der Waals surface area contributed by atoms with Crippen molar-refractivity contribution >= 4 is 51.0 Å². The largest absolute Gasteiger partial charge is 0.322 e. The normalized spacial score (nSPS) is 11.0. The van der Waals surface area contributed by atoms with Gasteiger partial charge in [0.15, 0.2) is 0 Å². The van der Waals surface area contributed by atoms with Gasteiger partial charge in [0.2, 0.25) is 4.77 Å². The van der Waals surface area contributed by atoms with E-state index in [0.717, 1.165) is 24.8 Å². The maximum absolute atomic E-state index is 12.5. The molecular weight excluding hydrogens is 338 g/mol. The molecule has 0 radical (unpaired) electrons. The first kappa shape index (κ1) is 15.1. The molecule has 3 heterocycles. The van der Waals surface area contributed by atoms with Gasteiger partial charge in [-0.05, 0) is 44.6 Å². The van der Waals surface area contributed by atoms with E-state index in [-0.39, 0.29) is 16.2 Å². The Morgan fingerprint density at radius 2 is 2.09 bits per heavy atom. The SMILES string of the molecule is Cc1cc2c(=O)n(NC(=O)c3csc(C)c3C)c(=S)[nH]c2s1. The average molecular weight is 351 g/mol. The minimum Gasteiger partial charge on any atom is -0.322 e. The Kier molecular flexibility index (Phi) is 3.75. The third-order valence-corrected chi connectivity index (χ3v) is 5.72. The van der Waals surface area contributed by atoms with Gasteiger partial charge in [-0.3, -0.25) is 15.0 Å². The van der Waals surface area contributed by atoms with Crippen LogP contribution in [-0.4, -0.2) is 15.6 Å². The predicted octanol–water partition coefficient (Wildman–Crippen LogP) is 3.49. The number of H-pyrrole nitrogens is 1. The van der Waals surface area contributed by atoms with Crippen LogP contribution in [0.5, 0.6) is 0 Å². The molecule has 0 fully saturated rings. The van der Waals surface area contributed by atoms with Crippen molar-refractivity contribution in [1.29, 1.82) is 0 Å². The fraction of sp³-hybridized carbons (Fsp3) is 0.214. The van der Waals surface area contributed by atoms with Crippen LogP contribution in [0, 0.1) is 25.5 Å². The molecule has 5 nitrogen and oxygen atoms in total. The highest BCUT2D eigenvalue weighted by Gasteiger charge is 2.15. The highest BCUT2D eigenvalue weighted by molar-refractivity contribution is 7.71. The van der Waals surface area contributed by atoms with Crippen molar-refractivity contribution in [3.05, 3.63) is 47.5 Å². The van der Waals surface area contributed by atoms with Gasteiger partial charge in [-0.2, -0.15) is 4.68 Å². The first-order chi connectivity index (χ1) is 10.4. The van der Waals surface area contributed by atoms with Gasteiger partial charge in [0.25, 0.3) is 11.5 Å². The lowest BCUT2D eigenvalue weighted by atomic mass is 10.2. The number of nitrogens with one attached hydrogen (secondary N) is 2. The van der Waals surface area contributed by atoms with Crippen molar-refractivity contribution in [2.45, 2.75) is 20.8 Å². The molecule has 0 saturated heterocycles. The molecule has 0 aliphatic heterocycles. The van der Waals surface area contributed by atoms with Gasteiger partial charge in [-0.1, -0.05) is 0 Å². The van der Waals surface area contributed by atoms with Gasteiger partial charge < -0.3 is 4.98 Å². The number of carbonyl (C=O) groups is 1. The van der Waals surface area contributed by atoms with Crippen LogP contribution in [0.1, 0.15) is 25.7 Å². The minimum atomic E-state index is -0.338. The van der Waals surface area contributed by atoms with E-state index < -0.39 is 0 Å². The van der Waals surface area contributed by atoms with Crippen LogP contribution < -0.4 is 11.0 Å². The number of hydrogen-bond donors (Lipinski definition) is 2. The Balaban J connectivity index is 2.07. The number of fused-ring (bicyclic) bond motifs is 1. The zero-order chi connectivity index (χ0) is 16.0. The summed E-state index contributed by atoms with van der Waals surface area (Å²) in [6.07, 6.45) is 0. The number of amides is 1. The van der Waals surface area contributed by atoms with Gasteiger partial charge in [0, 0.05) is 15.1 Å². The highest BCUT2D eigenvalue weighted by Crippen LogP contribution is 2.21. The molecule has 0 saturated carbocycles. The first-order valence-corrected chi connectivity index (χ1v) is 8.60. The maximum Gasteiger partial charge on any atom is 0.282 e. The van der Waals surface area contributed by atoms with E-state index in [4.69, 9.17) is 12.2 Å². The third-order valence-electron chi connectivity index (χ3n) is 3.46. The Labute approximate surface area is 139 Å². The van der Waals surface area contributed by atoms with E-state index >= 15 is 0 Å². The Bertz CT molecular complexity index is 1010. The van der Waals surface area contributed by atoms with Crippen molar-refractivity contribution in [2.75, 3.05) is 5.43 Å². The van der Waals surface area contributed by atoms with Crippen LogP contribution >= 0.6 is 34.9 Å². The number of carbonyl (C=O) groups excluding carboxylic acids is 1. The van der Waals surface area contributed by atoms with E-state index in [0.29, 0.717) is 10.9 Å². The van der Waals surface area contributed by atoms with Crippen LogP contribution in [0.4, 0.5) is 0 Å². The molecule has 3 aromatic heterocycles.